The third kappa shape index (κ3) is 12.2. The lowest BCUT2D eigenvalue weighted by Gasteiger charge is -2.33. The molecule has 1 saturated heterocycles. The van der Waals surface area contributed by atoms with Crippen LogP contribution in [0, 0.1) is 5.82 Å². The Morgan fingerprint density at radius 2 is 1.67 bits per heavy atom. The van der Waals surface area contributed by atoms with E-state index >= 15 is 0 Å². The zero-order chi connectivity index (χ0) is 50.9. The van der Waals surface area contributed by atoms with Crippen LogP contribution >= 0.6 is 0 Å². The van der Waals surface area contributed by atoms with Crippen molar-refractivity contribution in [1.82, 2.24) is 54.0 Å². The fraction of sp³-hybridized carbons (Fsp3) is 0.339. The van der Waals surface area contributed by atoms with Crippen molar-refractivity contribution in [3.05, 3.63) is 150 Å². The van der Waals surface area contributed by atoms with Gasteiger partial charge >= 0.3 is 0 Å². The van der Waals surface area contributed by atoms with E-state index in [1.807, 2.05) is 92.5 Å². The van der Waals surface area contributed by atoms with Gasteiger partial charge in [-0.15, -0.1) is 0 Å². The van der Waals surface area contributed by atoms with Crippen LogP contribution in [0.4, 0.5) is 10.1 Å². The molecule has 0 aliphatic carbocycles. The van der Waals surface area contributed by atoms with E-state index in [9.17, 15) is 9.18 Å². The molecule has 374 valence electrons. The maximum absolute atomic E-state index is 14.8. The van der Waals surface area contributed by atoms with E-state index < -0.39 is 5.82 Å². The fourth-order valence-electron chi connectivity index (χ4n) is 9.10. The Labute approximate surface area is 421 Å². The first-order valence-corrected chi connectivity index (χ1v) is 24.5. The molecule has 5 aromatic heterocycles. The Balaban J connectivity index is 0.000000193. The first-order valence-electron chi connectivity index (χ1n) is 24.5. The van der Waals surface area contributed by atoms with Crippen LogP contribution in [0.1, 0.15) is 60.9 Å². The minimum atomic E-state index is -0.431. The van der Waals surface area contributed by atoms with Gasteiger partial charge in [0.1, 0.15) is 35.4 Å². The number of pyridine rings is 1. The van der Waals surface area contributed by atoms with Crippen molar-refractivity contribution in [2.45, 2.75) is 46.1 Å². The Bertz CT molecular complexity index is 3160. The lowest BCUT2D eigenvalue weighted by atomic mass is 10.0. The highest BCUT2D eigenvalue weighted by Gasteiger charge is 2.20. The number of piperazine rings is 1. The molecule has 1 aliphatic rings. The summed E-state index contributed by atoms with van der Waals surface area (Å²) in [5.41, 5.74) is 9.54. The number of fused-ring (bicyclic) bond motifs is 2. The minimum absolute atomic E-state index is 0.302. The number of carbonyl (C=O) groups excluding carboxylic acids is 1. The predicted molar refractivity (Wildman–Crippen MR) is 283 cm³/mol. The molecule has 9 rings (SSSR count). The minimum Gasteiger partial charge on any atom is -0.496 e. The van der Waals surface area contributed by atoms with Crippen LogP contribution in [0.25, 0.3) is 44.3 Å². The summed E-state index contributed by atoms with van der Waals surface area (Å²) in [6.45, 7) is 17.7. The van der Waals surface area contributed by atoms with E-state index in [0.717, 1.165) is 101 Å². The average Bonchev–Trinajstić information content (AvgIpc) is 3.91. The lowest BCUT2D eigenvalue weighted by Crippen LogP contribution is -2.45. The number of hydrogen-bond acceptors (Lipinski definition) is 12. The van der Waals surface area contributed by atoms with Crippen molar-refractivity contribution in [1.29, 1.82) is 0 Å². The van der Waals surface area contributed by atoms with Gasteiger partial charge in [-0.2, -0.15) is 5.10 Å². The number of rotatable bonds is 17. The van der Waals surface area contributed by atoms with E-state index in [-0.39, 0.29) is 5.91 Å². The largest absolute Gasteiger partial charge is 0.496 e. The number of methoxy groups -OCH3 is 1. The van der Waals surface area contributed by atoms with Crippen molar-refractivity contribution in [2.75, 3.05) is 72.4 Å². The maximum Gasteiger partial charge on any atom is 0.247 e. The van der Waals surface area contributed by atoms with Gasteiger partial charge in [-0.1, -0.05) is 57.7 Å². The third-order valence-corrected chi connectivity index (χ3v) is 12.9. The second kappa shape index (κ2) is 23.2. The standard InChI is InChI=1S/C28H34FN7.C28H31N5O3/c1-5-35-10-12-36(13-11-35)18-20-6-8-22(30-16-20)15-26-31-17-24(29)27(32-26)21-7-9-25-23(14-21)28(19(2)3)34(4)33-25;1-6-28(34)31-23-15-19(25(35-5)17-26(23)36-14-13-32(2)3)16-27-29-12-11-22(30-27)21-18-33(4)24-10-8-7-9-20(21)24/h6-9,14,16-17,19H,5,10-13,15,18H2,1-4H3;6-12,15,17-18H,1,13-14,16H2,2-5H3,(H,31,34). The summed E-state index contributed by atoms with van der Waals surface area (Å²) in [7, 11) is 9.53. The molecule has 0 bridgehead atoms. The molecule has 0 atom stereocenters. The summed E-state index contributed by atoms with van der Waals surface area (Å²) in [5.74, 6) is 1.90. The fourth-order valence-corrected chi connectivity index (χ4v) is 9.10. The van der Waals surface area contributed by atoms with Crippen molar-refractivity contribution >= 4 is 33.4 Å². The number of amides is 1. The molecule has 0 saturated carbocycles. The van der Waals surface area contributed by atoms with Gasteiger partial charge in [0, 0.05) is 129 Å². The number of ether oxygens (including phenoxy) is 2. The molecule has 0 radical (unpaired) electrons. The summed E-state index contributed by atoms with van der Waals surface area (Å²) in [5, 5.41) is 9.59. The van der Waals surface area contributed by atoms with Crippen molar-refractivity contribution in [3.63, 3.8) is 0 Å². The van der Waals surface area contributed by atoms with Gasteiger partial charge in [0.25, 0.3) is 0 Å². The van der Waals surface area contributed by atoms with Gasteiger partial charge in [0.2, 0.25) is 5.91 Å². The van der Waals surface area contributed by atoms with Gasteiger partial charge in [-0.3, -0.25) is 19.4 Å². The summed E-state index contributed by atoms with van der Waals surface area (Å²) in [6.07, 6.45) is 9.15. The van der Waals surface area contributed by atoms with Gasteiger partial charge < -0.3 is 29.2 Å². The zero-order valence-electron chi connectivity index (χ0n) is 42.7. The molecule has 1 aliphatic heterocycles. The highest BCUT2D eigenvalue weighted by Crippen LogP contribution is 2.36. The van der Waals surface area contributed by atoms with Gasteiger partial charge in [-0.25, -0.2) is 24.3 Å². The van der Waals surface area contributed by atoms with Gasteiger partial charge in [-0.05, 0) is 74.6 Å². The van der Waals surface area contributed by atoms with Crippen LogP contribution in [0.5, 0.6) is 11.5 Å². The molecule has 1 N–H and O–H groups in total. The number of halogens is 1. The molecule has 16 heteroatoms. The number of carbonyl (C=O) groups is 1. The quantitative estimate of drug-likeness (QED) is 0.0872. The van der Waals surface area contributed by atoms with Crippen molar-refractivity contribution in [2.24, 2.45) is 14.1 Å². The number of likely N-dealkylation sites (N-methyl/N-ethyl adjacent to an activating group) is 2. The molecule has 0 spiro atoms. The lowest BCUT2D eigenvalue weighted by molar-refractivity contribution is -0.111. The Morgan fingerprint density at radius 3 is 2.39 bits per heavy atom. The van der Waals surface area contributed by atoms with Crippen LogP contribution in [-0.2, 0) is 38.3 Å². The number of benzene rings is 3. The van der Waals surface area contributed by atoms with E-state index in [1.54, 1.807) is 19.4 Å². The molecule has 1 fully saturated rings. The number of para-hydroxylation sites is 1. The number of nitrogens with zero attached hydrogens (tertiary/aromatic N) is 11. The number of anilines is 1. The number of hydrogen-bond donors (Lipinski definition) is 1. The molecular formula is C56H65FN12O3. The van der Waals surface area contributed by atoms with Crippen LogP contribution in [0.15, 0.2) is 110 Å². The van der Waals surface area contributed by atoms with E-state index in [4.69, 9.17) is 14.5 Å². The maximum atomic E-state index is 14.8. The van der Waals surface area contributed by atoms with E-state index in [0.29, 0.717) is 59.9 Å². The number of aryl methyl sites for hydroxylation is 2. The third-order valence-electron chi connectivity index (χ3n) is 12.9. The molecule has 8 aromatic rings. The number of aromatic nitrogens is 8. The summed E-state index contributed by atoms with van der Waals surface area (Å²) in [6, 6.07) is 23.7. The molecule has 3 aromatic carbocycles. The molecule has 6 heterocycles. The molecule has 72 heavy (non-hydrogen) atoms. The predicted octanol–water partition coefficient (Wildman–Crippen LogP) is 8.72. The molecule has 1 amide bonds. The van der Waals surface area contributed by atoms with Crippen LogP contribution in [0.2, 0.25) is 0 Å². The first-order chi connectivity index (χ1) is 34.8. The Kier molecular flexibility index (Phi) is 16.4. The van der Waals surface area contributed by atoms with Crippen LogP contribution in [0.3, 0.4) is 0 Å². The number of nitrogens with one attached hydrogen (secondary N) is 1. The topological polar surface area (TPSA) is 144 Å². The van der Waals surface area contributed by atoms with E-state index in [1.165, 1.54) is 17.8 Å². The van der Waals surface area contributed by atoms with Gasteiger partial charge in [0.05, 0.1) is 36.6 Å². The second-order valence-electron chi connectivity index (χ2n) is 18.6. The Hall–Kier alpha value is -7.40. The zero-order valence-corrected chi connectivity index (χ0v) is 42.7. The SMILES string of the molecule is C=CC(=O)Nc1cc(Cc2nccc(-c3cn(C)c4ccccc34)n2)c(OC)cc1OCCN(C)C.CCN1CCN(Cc2ccc(Cc3ncc(F)c(-c4ccc5nn(C)c(C(C)C)c5c4)n3)nc2)CC1. The molecular weight excluding hydrogens is 908 g/mol. The first kappa shape index (κ1) is 51.0. The molecule has 15 nitrogen and oxygen atoms in total. The summed E-state index contributed by atoms with van der Waals surface area (Å²) >= 11 is 0. The summed E-state index contributed by atoms with van der Waals surface area (Å²) in [4.78, 5) is 41.9. The Morgan fingerprint density at radius 1 is 0.889 bits per heavy atom. The van der Waals surface area contributed by atoms with Gasteiger partial charge in [0.15, 0.2) is 5.82 Å². The average molecular weight is 973 g/mol. The van der Waals surface area contributed by atoms with Crippen molar-refractivity contribution < 1.29 is 18.7 Å². The highest BCUT2D eigenvalue weighted by molar-refractivity contribution is 6.00. The van der Waals surface area contributed by atoms with Crippen LogP contribution < -0.4 is 14.8 Å². The normalized spacial score (nSPS) is 13.2. The second-order valence-corrected chi connectivity index (χ2v) is 18.6. The van der Waals surface area contributed by atoms with Crippen molar-refractivity contribution in [3.8, 4) is 34.0 Å². The monoisotopic (exact) mass is 973 g/mol. The van der Waals surface area contributed by atoms with E-state index in [2.05, 4.69) is 96.5 Å². The summed E-state index contributed by atoms with van der Waals surface area (Å²) < 4.78 is 30.4. The highest BCUT2D eigenvalue weighted by atomic mass is 19.1. The van der Waals surface area contributed by atoms with Crippen LogP contribution in [-0.4, -0.2) is 127 Å². The smallest absolute Gasteiger partial charge is 0.247 e. The molecule has 0 unspecified atom stereocenters.